The third-order valence-corrected chi connectivity index (χ3v) is 8.81. The third-order valence-electron chi connectivity index (χ3n) is 8.29. The van der Waals surface area contributed by atoms with Gasteiger partial charge in [0.15, 0.2) is 0 Å². The molecule has 0 amide bonds. The fourth-order valence-corrected chi connectivity index (χ4v) is 8.19. The van der Waals surface area contributed by atoms with Crippen LogP contribution in [0.2, 0.25) is 0 Å². The first kappa shape index (κ1) is 15.0. The highest BCUT2D eigenvalue weighted by Gasteiger charge is 2.88. The van der Waals surface area contributed by atoms with Crippen molar-refractivity contribution in [3.8, 4) is 0 Å². The number of esters is 1. The lowest BCUT2D eigenvalue weighted by molar-refractivity contribution is -0.394. The van der Waals surface area contributed by atoms with Crippen molar-refractivity contribution in [1.29, 1.82) is 0 Å². The Morgan fingerprint density at radius 2 is 1.96 bits per heavy atom. The van der Waals surface area contributed by atoms with Crippen LogP contribution in [-0.4, -0.2) is 22.7 Å². The normalized spacial score (nSPS) is 59.2. The molecule has 5 rings (SSSR count). The van der Waals surface area contributed by atoms with Crippen LogP contribution in [0.1, 0.15) is 65.7 Å². The summed E-state index contributed by atoms with van der Waals surface area (Å²) >= 11 is 6.85. The number of alkyl halides is 1. The fraction of sp³-hybridized carbons (Fsp3) is 0.947. The number of rotatable bonds is 0. The number of ether oxygens (including phenoxy) is 2. The lowest BCUT2D eigenvalue weighted by atomic mass is 9.43. The molecule has 0 N–H and O–H groups in total. The molecule has 4 heteroatoms. The zero-order valence-electron chi connectivity index (χ0n) is 14.4. The summed E-state index contributed by atoms with van der Waals surface area (Å²) in [5.74, 6) is 0.654. The van der Waals surface area contributed by atoms with Crippen molar-refractivity contribution in [2.24, 2.45) is 28.6 Å². The Kier molecular flexibility index (Phi) is 2.67. The lowest BCUT2D eigenvalue weighted by Crippen LogP contribution is -2.78. The maximum Gasteiger partial charge on any atom is 0.317 e. The number of hydrogen-bond acceptors (Lipinski definition) is 3. The average molecular weight is 339 g/mol. The highest BCUT2D eigenvalue weighted by molar-refractivity contribution is 6.21. The molecule has 5 aliphatic rings. The molecule has 0 radical (unpaired) electrons. The maximum atomic E-state index is 13.1. The molecule has 1 unspecified atom stereocenters. The van der Waals surface area contributed by atoms with E-state index in [0.717, 1.165) is 25.7 Å². The van der Waals surface area contributed by atoms with E-state index in [1.807, 2.05) is 13.8 Å². The second kappa shape index (κ2) is 4.09. The van der Waals surface area contributed by atoms with Gasteiger partial charge >= 0.3 is 5.97 Å². The Morgan fingerprint density at radius 1 is 1.17 bits per heavy atom. The van der Waals surface area contributed by atoms with Crippen molar-refractivity contribution >= 4 is 17.6 Å². The molecule has 4 saturated carbocycles. The van der Waals surface area contributed by atoms with E-state index in [2.05, 4.69) is 6.92 Å². The van der Waals surface area contributed by atoms with Crippen LogP contribution in [-0.2, 0) is 14.3 Å². The summed E-state index contributed by atoms with van der Waals surface area (Å²) in [5.41, 5.74) is -0.650. The largest absolute Gasteiger partial charge is 0.433 e. The first-order valence-corrected chi connectivity index (χ1v) is 9.80. The molecular formula is C19H27ClO3. The number of carbonyl (C=O) groups is 1. The molecule has 0 aromatic rings. The van der Waals surface area contributed by atoms with E-state index < -0.39 is 11.2 Å². The van der Waals surface area contributed by atoms with Crippen LogP contribution in [0.4, 0.5) is 0 Å². The molecule has 0 aromatic carbocycles. The molecule has 1 heterocycles. The number of halogens is 1. The smallest absolute Gasteiger partial charge is 0.317 e. The van der Waals surface area contributed by atoms with Crippen LogP contribution < -0.4 is 0 Å². The number of hydrogen-bond donors (Lipinski definition) is 0. The topological polar surface area (TPSA) is 35.5 Å². The van der Waals surface area contributed by atoms with Gasteiger partial charge in [0.05, 0.1) is 11.0 Å². The van der Waals surface area contributed by atoms with Gasteiger partial charge < -0.3 is 9.47 Å². The van der Waals surface area contributed by atoms with E-state index in [9.17, 15) is 4.79 Å². The molecule has 3 nitrogen and oxygen atoms in total. The second-order valence-corrected chi connectivity index (χ2v) is 9.91. The van der Waals surface area contributed by atoms with Gasteiger partial charge in [0, 0.05) is 30.6 Å². The first-order valence-electron chi connectivity index (χ1n) is 9.37. The van der Waals surface area contributed by atoms with E-state index >= 15 is 0 Å². The zero-order valence-corrected chi connectivity index (χ0v) is 15.1. The van der Waals surface area contributed by atoms with E-state index in [4.69, 9.17) is 21.1 Å². The molecule has 0 bridgehead atoms. The van der Waals surface area contributed by atoms with Gasteiger partial charge in [0.2, 0.25) is 5.79 Å². The Balaban J connectivity index is 1.77. The highest BCUT2D eigenvalue weighted by Crippen LogP contribution is 2.83. The zero-order chi connectivity index (χ0) is 16.3. The molecule has 1 saturated heterocycles. The SMILES string of the molecule is C[C@@H]1CC[C@@H](Cl)[C@@H]2C[C@@]34C[C@@H]5CCC[C@]51C23OC(C)(C)OC4=O. The average Bonchev–Trinajstić information content (AvgIpc) is 2.92. The van der Waals surface area contributed by atoms with Crippen molar-refractivity contribution in [1.82, 2.24) is 0 Å². The second-order valence-electron chi connectivity index (χ2n) is 9.35. The van der Waals surface area contributed by atoms with Gasteiger partial charge in [0.25, 0.3) is 0 Å². The Labute approximate surface area is 143 Å². The maximum absolute atomic E-state index is 13.1. The van der Waals surface area contributed by atoms with Gasteiger partial charge in [-0.25, -0.2) is 0 Å². The highest BCUT2D eigenvalue weighted by atomic mass is 35.5. The first-order chi connectivity index (χ1) is 10.8. The van der Waals surface area contributed by atoms with Crippen LogP contribution in [0, 0.1) is 28.6 Å². The Bertz CT molecular complexity index is 589. The van der Waals surface area contributed by atoms with E-state index in [1.54, 1.807) is 0 Å². The van der Waals surface area contributed by atoms with Gasteiger partial charge in [-0.05, 0) is 50.4 Å². The Morgan fingerprint density at radius 3 is 2.74 bits per heavy atom. The van der Waals surface area contributed by atoms with Crippen molar-refractivity contribution in [3.05, 3.63) is 0 Å². The van der Waals surface area contributed by atoms with Crippen LogP contribution in [0.15, 0.2) is 0 Å². The van der Waals surface area contributed by atoms with Crippen molar-refractivity contribution < 1.29 is 14.3 Å². The van der Waals surface area contributed by atoms with E-state index in [0.29, 0.717) is 17.8 Å². The standard InChI is InChI=1S/C19H27ClO3/c1-11-6-7-14(20)13-10-17-9-12-5-4-8-18(11,12)19(13,17)23-16(2,3)22-15(17)21/h11-14H,4-10H2,1-3H3/t11-,12+,13+,14-,17-,18-,19?/m1/s1. The summed E-state index contributed by atoms with van der Waals surface area (Å²) in [5, 5.41) is 0.131. The van der Waals surface area contributed by atoms with Crippen molar-refractivity contribution in [3.63, 3.8) is 0 Å². The monoisotopic (exact) mass is 338 g/mol. The summed E-state index contributed by atoms with van der Waals surface area (Å²) in [4.78, 5) is 13.1. The lowest BCUT2D eigenvalue weighted by Gasteiger charge is -2.69. The number of cyclic esters (lactones) is 1. The van der Waals surface area contributed by atoms with Gasteiger partial charge in [-0.15, -0.1) is 11.6 Å². The molecule has 5 fully saturated rings. The summed E-state index contributed by atoms with van der Waals surface area (Å²) in [6.07, 6.45) is 7.77. The molecular weight excluding hydrogens is 312 g/mol. The molecule has 23 heavy (non-hydrogen) atoms. The van der Waals surface area contributed by atoms with Crippen LogP contribution in [0.3, 0.4) is 0 Å². The van der Waals surface area contributed by atoms with Gasteiger partial charge in [0.1, 0.15) is 0 Å². The predicted molar refractivity (Wildman–Crippen MR) is 87.0 cm³/mol. The molecule has 7 atom stereocenters. The molecule has 0 aromatic heterocycles. The summed E-state index contributed by atoms with van der Waals surface area (Å²) < 4.78 is 12.6. The van der Waals surface area contributed by atoms with Gasteiger partial charge in [-0.1, -0.05) is 13.3 Å². The minimum absolute atomic E-state index is 0.00302. The molecule has 1 aliphatic heterocycles. The van der Waals surface area contributed by atoms with Crippen LogP contribution in [0.5, 0.6) is 0 Å². The van der Waals surface area contributed by atoms with Crippen molar-refractivity contribution in [2.45, 2.75) is 82.5 Å². The summed E-state index contributed by atoms with van der Waals surface area (Å²) in [7, 11) is 0. The fourth-order valence-electron chi connectivity index (χ4n) is 7.80. The van der Waals surface area contributed by atoms with E-state index in [1.165, 1.54) is 19.3 Å². The number of carbonyl (C=O) groups excluding carboxylic acids is 1. The molecule has 4 aliphatic carbocycles. The third kappa shape index (κ3) is 1.36. The van der Waals surface area contributed by atoms with Gasteiger partial charge in [-0.3, -0.25) is 4.79 Å². The van der Waals surface area contributed by atoms with Crippen LogP contribution >= 0.6 is 11.6 Å². The molecule has 2 spiro atoms. The minimum Gasteiger partial charge on any atom is -0.433 e. The minimum atomic E-state index is -0.829. The van der Waals surface area contributed by atoms with E-state index in [-0.39, 0.29) is 22.4 Å². The summed E-state index contributed by atoms with van der Waals surface area (Å²) in [6, 6.07) is 0. The van der Waals surface area contributed by atoms with Crippen LogP contribution in [0.25, 0.3) is 0 Å². The molecule has 128 valence electrons. The van der Waals surface area contributed by atoms with Crippen molar-refractivity contribution in [2.75, 3.05) is 0 Å². The Hall–Kier alpha value is -0.280. The van der Waals surface area contributed by atoms with Gasteiger partial charge in [-0.2, -0.15) is 0 Å². The predicted octanol–water partition coefficient (Wildman–Crippen LogP) is 4.27. The summed E-state index contributed by atoms with van der Waals surface area (Å²) in [6.45, 7) is 6.20. The quantitative estimate of drug-likeness (QED) is 0.489.